The Kier molecular flexibility index (Phi) is 3.55. The van der Waals surface area contributed by atoms with Crippen LogP contribution in [0.5, 0.6) is 0 Å². The van der Waals surface area contributed by atoms with Crippen molar-refractivity contribution in [3.63, 3.8) is 0 Å². The van der Waals surface area contributed by atoms with Gasteiger partial charge in [0.1, 0.15) is 5.69 Å². The first-order valence-electron chi connectivity index (χ1n) is 6.05. The van der Waals surface area contributed by atoms with Crippen molar-refractivity contribution in [3.8, 4) is 0 Å². The molecular weight excluding hydrogens is 242 g/mol. The van der Waals surface area contributed by atoms with Gasteiger partial charge in [0.15, 0.2) is 0 Å². The van der Waals surface area contributed by atoms with Gasteiger partial charge in [-0.2, -0.15) is 0 Å². The van der Waals surface area contributed by atoms with Crippen molar-refractivity contribution >= 4 is 22.7 Å². The van der Waals surface area contributed by atoms with Gasteiger partial charge in [0.25, 0.3) is 5.91 Å². The molecule has 19 heavy (non-hydrogen) atoms. The Morgan fingerprint density at radius 3 is 2.68 bits per heavy atom. The summed E-state index contributed by atoms with van der Waals surface area (Å²) >= 11 is 0. The first-order valence-corrected chi connectivity index (χ1v) is 6.05. The first-order chi connectivity index (χ1) is 8.97. The van der Waals surface area contributed by atoms with Gasteiger partial charge >= 0.3 is 0 Å². The molecular formula is C14H17N3O2. The summed E-state index contributed by atoms with van der Waals surface area (Å²) in [7, 11) is 3.31. The molecule has 2 aromatic rings. The maximum absolute atomic E-state index is 11.9. The summed E-state index contributed by atoms with van der Waals surface area (Å²) in [6.45, 7) is 2.00. The van der Waals surface area contributed by atoms with Gasteiger partial charge in [-0.3, -0.25) is 9.59 Å². The Bertz CT molecular complexity index is 629. The van der Waals surface area contributed by atoms with Crippen LogP contribution in [0.2, 0.25) is 0 Å². The van der Waals surface area contributed by atoms with Crippen molar-refractivity contribution < 1.29 is 9.59 Å². The van der Waals surface area contributed by atoms with Crippen LogP contribution in [0.15, 0.2) is 24.3 Å². The molecule has 2 amide bonds. The summed E-state index contributed by atoms with van der Waals surface area (Å²) in [6, 6.07) is 7.72. The van der Waals surface area contributed by atoms with Gasteiger partial charge in [-0.25, -0.2) is 0 Å². The fourth-order valence-corrected chi connectivity index (χ4v) is 1.77. The minimum Gasteiger partial charge on any atom is -0.351 e. The van der Waals surface area contributed by atoms with E-state index in [-0.39, 0.29) is 18.4 Å². The van der Waals surface area contributed by atoms with Gasteiger partial charge in [0, 0.05) is 25.0 Å². The second-order valence-electron chi connectivity index (χ2n) is 4.74. The van der Waals surface area contributed by atoms with Gasteiger partial charge in [-0.15, -0.1) is 0 Å². The van der Waals surface area contributed by atoms with Gasteiger partial charge in [-0.1, -0.05) is 12.1 Å². The van der Waals surface area contributed by atoms with E-state index in [4.69, 9.17) is 0 Å². The van der Waals surface area contributed by atoms with Crippen LogP contribution in [0.25, 0.3) is 10.9 Å². The quantitative estimate of drug-likeness (QED) is 0.872. The number of carbonyl (C=O) groups is 2. The third-order valence-corrected chi connectivity index (χ3v) is 2.92. The number of fused-ring (bicyclic) bond motifs is 1. The minimum atomic E-state index is -0.274. The molecule has 0 bridgehead atoms. The predicted molar refractivity (Wildman–Crippen MR) is 74.1 cm³/mol. The van der Waals surface area contributed by atoms with Gasteiger partial charge in [0.2, 0.25) is 5.91 Å². The average Bonchev–Trinajstić information content (AvgIpc) is 2.78. The zero-order valence-electron chi connectivity index (χ0n) is 11.3. The number of H-pyrrole nitrogens is 1. The van der Waals surface area contributed by atoms with E-state index in [2.05, 4.69) is 10.3 Å². The zero-order valence-corrected chi connectivity index (χ0v) is 11.3. The molecule has 0 aliphatic carbocycles. The molecule has 0 atom stereocenters. The summed E-state index contributed by atoms with van der Waals surface area (Å²) < 4.78 is 0. The second kappa shape index (κ2) is 5.14. The number of amides is 2. The highest BCUT2D eigenvalue weighted by atomic mass is 16.2. The van der Waals surface area contributed by atoms with Gasteiger partial charge < -0.3 is 15.2 Å². The van der Waals surface area contributed by atoms with E-state index in [1.807, 2.05) is 25.1 Å². The topological polar surface area (TPSA) is 65.2 Å². The largest absolute Gasteiger partial charge is 0.351 e. The lowest BCUT2D eigenvalue weighted by molar-refractivity contribution is -0.127. The van der Waals surface area contributed by atoms with E-state index in [1.165, 1.54) is 4.90 Å². The van der Waals surface area contributed by atoms with Crippen molar-refractivity contribution in [2.45, 2.75) is 6.92 Å². The Morgan fingerprint density at radius 1 is 1.26 bits per heavy atom. The molecule has 0 aliphatic rings. The molecule has 0 fully saturated rings. The molecule has 0 aliphatic heterocycles. The minimum absolute atomic E-state index is 0.000225. The van der Waals surface area contributed by atoms with Crippen LogP contribution < -0.4 is 5.32 Å². The molecule has 0 radical (unpaired) electrons. The van der Waals surface area contributed by atoms with Gasteiger partial charge in [-0.05, 0) is 24.6 Å². The molecule has 0 saturated heterocycles. The van der Waals surface area contributed by atoms with E-state index in [0.717, 1.165) is 16.5 Å². The highest BCUT2D eigenvalue weighted by Crippen LogP contribution is 2.16. The van der Waals surface area contributed by atoms with Gasteiger partial charge in [0.05, 0.1) is 6.54 Å². The van der Waals surface area contributed by atoms with E-state index in [0.29, 0.717) is 5.69 Å². The van der Waals surface area contributed by atoms with Crippen molar-refractivity contribution in [3.05, 3.63) is 35.5 Å². The fourth-order valence-electron chi connectivity index (χ4n) is 1.77. The molecule has 5 heteroatoms. The van der Waals surface area contributed by atoms with Crippen LogP contribution in [0.1, 0.15) is 16.1 Å². The predicted octanol–water partition coefficient (Wildman–Crippen LogP) is 1.29. The number of nitrogens with zero attached hydrogens (tertiary/aromatic N) is 1. The SMILES string of the molecule is Cc1ccc2cc(C(=O)NCC(=O)N(C)C)[nH]c2c1. The summed E-state index contributed by atoms with van der Waals surface area (Å²) in [5.74, 6) is -0.413. The third kappa shape index (κ3) is 2.93. The Hall–Kier alpha value is -2.30. The Balaban J connectivity index is 2.11. The monoisotopic (exact) mass is 259 g/mol. The molecule has 0 saturated carbocycles. The lowest BCUT2D eigenvalue weighted by atomic mass is 10.2. The molecule has 5 nitrogen and oxygen atoms in total. The number of hydrogen-bond acceptors (Lipinski definition) is 2. The van der Waals surface area contributed by atoms with Crippen molar-refractivity contribution in [1.29, 1.82) is 0 Å². The van der Waals surface area contributed by atoms with Crippen LogP contribution in [0.4, 0.5) is 0 Å². The van der Waals surface area contributed by atoms with Crippen LogP contribution in [-0.4, -0.2) is 42.3 Å². The van der Waals surface area contributed by atoms with E-state index in [9.17, 15) is 9.59 Å². The van der Waals surface area contributed by atoms with E-state index >= 15 is 0 Å². The number of nitrogens with one attached hydrogen (secondary N) is 2. The van der Waals surface area contributed by atoms with Crippen molar-refractivity contribution in [1.82, 2.24) is 15.2 Å². The molecule has 1 aromatic carbocycles. The number of hydrogen-bond donors (Lipinski definition) is 2. The smallest absolute Gasteiger partial charge is 0.268 e. The average molecular weight is 259 g/mol. The van der Waals surface area contributed by atoms with Crippen molar-refractivity contribution in [2.24, 2.45) is 0 Å². The number of aryl methyl sites for hydroxylation is 1. The number of carbonyl (C=O) groups excluding carboxylic acids is 2. The van der Waals surface area contributed by atoms with Crippen LogP contribution in [0, 0.1) is 6.92 Å². The summed E-state index contributed by atoms with van der Waals surface area (Å²) in [5.41, 5.74) is 2.51. The zero-order chi connectivity index (χ0) is 14.0. The highest BCUT2D eigenvalue weighted by Gasteiger charge is 2.11. The number of aromatic amines is 1. The van der Waals surface area contributed by atoms with E-state index < -0.39 is 0 Å². The lowest BCUT2D eigenvalue weighted by Crippen LogP contribution is -2.36. The van der Waals surface area contributed by atoms with E-state index in [1.54, 1.807) is 20.2 Å². The van der Waals surface area contributed by atoms with Crippen LogP contribution in [-0.2, 0) is 4.79 Å². The second-order valence-corrected chi connectivity index (χ2v) is 4.74. The summed E-state index contributed by atoms with van der Waals surface area (Å²) in [5, 5.41) is 3.58. The number of likely N-dealkylation sites (N-methyl/N-ethyl adjacent to an activating group) is 1. The molecule has 0 unspecified atom stereocenters. The maximum atomic E-state index is 11.9. The number of benzene rings is 1. The molecule has 2 N–H and O–H groups in total. The Morgan fingerprint density at radius 2 is 2.00 bits per heavy atom. The molecule has 2 rings (SSSR count). The molecule has 100 valence electrons. The summed E-state index contributed by atoms with van der Waals surface area (Å²) in [4.78, 5) is 27.8. The summed E-state index contributed by atoms with van der Waals surface area (Å²) in [6.07, 6.45) is 0. The standard InChI is InChI=1S/C14H17N3O2/c1-9-4-5-10-7-12(16-11(10)6-9)14(19)15-8-13(18)17(2)3/h4-7,16H,8H2,1-3H3,(H,15,19). The molecule has 1 aromatic heterocycles. The lowest BCUT2D eigenvalue weighted by Gasteiger charge is -2.10. The first kappa shape index (κ1) is 13.1. The number of aromatic nitrogens is 1. The maximum Gasteiger partial charge on any atom is 0.268 e. The van der Waals surface area contributed by atoms with Crippen LogP contribution >= 0.6 is 0 Å². The Labute approximate surface area is 111 Å². The third-order valence-electron chi connectivity index (χ3n) is 2.92. The fraction of sp³-hybridized carbons (Fsp3) is 0.286. The van der Waals surface area contributed by atoms with Crippen LogP contribution in [0.3, 0.4) is 0 Å². The molecule has 1 heterocycles. The highest BCUT2D eigenvalue weighted by molar-refractivity contribution is 5.99. The van der Waals surface area contributed by atoms with Crippen molar-refractivity contribution in [2.75, 3.05) is 20.6 Å². The normalized spacial score (nSPS) is 10.5. The number of rotatable bonds is 3. The molecule has 0 spiro atoms.